The second-order valence-electron chi connectivity index (χ2n) is 6.13. The Labute approximate surface area is 157 Å². The Balaban J connectivity index is 1.91. The number of hydrogen-bond donors (Lipinski definition) is 1. The quantitative estimate of drug-likeness (QED) is 0.783. The molecule has 1 aliphatic heterocycles. The van der Waals surface area contributed by atoms with Gasteiger partial charge in [0.05, 0.1) is 11.5 Å². The summed E-state index contributed by atoms with van der Waals surface area (Å²) in [6, 6.07) is 8.77. The summed E-state index contributed by atoms with van der Waals surface area (Å²) >= 11 is 1.53. The molecule has 1 aliphatic rings. The Kier molecular flexibility index (Phi) is 6.08. The molecule has 140 valence electrons. The van der Waals surface area contributed by atoms with Gasteiger partial charge in [-0.2, -0.15) is 4.31 Å². The molecule has 2 heterocycles. The summed E-state index contributed by atoms with van der Waals surface area (Å²) in [5, 5.41) is 4.77. The molecule has 0 spiro atoms. The van der Waals surface area contributed by atoms with Crippen LogP contribution in [0.1, 0.15) is 23.3 Å². The van der Waals surface area contributed by atoms with Crippen LogP contribution in [-0.4, -0.2) is 38.9 Å². The van der Waals surface area contributed by atoms with Crippen molar-refractivity contribution in [3.8, 4) is 0 Å². The van der Waals surface area contributed by atoms with Crippen LogP contribution >= 0.6 is 11.3 Å². The molecule has 0 aliphatic carbocycles. The predicted octanol–water partition coefficient (Wildman–Crippen LogP) is 2.86. The summed E-state index contributed by atoms with van der Waals surface area (Å²) in [7, 11) is -2.10. The van der Waals surface area contributed by atoms with E-state index in [0.717, 1.165) is 10.4 Å². The number of nitrogens with zero attached hydrogens (tertiary/aromatic N) is 1. The third-order valence-electron chi connectivity index (χ3n) is 4.30. The molecular formula is C18H22N2O4S2. The standard InChI is InChI=1S/C18H22N2O4S2/c1-24-10-9-20(13-15-5-3-11-25-15)26(22,23)16-7-8-17-14(12-16)4-2-6-18(21)19-17/h3,5,7-8,11-12H,2,4,6,9-10,13H2,1H3,(H,19,21). The van der Waals surface area contributed by atoms with Gasteiger partial charge in [0, 0.05) is 37.2 Å². The van der Waals surface area contributed by atoms with Gasteiger partial charge in [-0.3, -0.25) is 4.79 Å². The summed E-state index contributed by atoms with van der Waals surface area (Å²) in [5.74, 6) is -0.0289. The van der Waals surface area contributed by atoms with Gasteiger partial charge in [-0.15, -0.1) is 11.3 Å². The molecule has 8 heteroatoms. The summed E-state index contributed by atoms with van der Waals surface area (Å²) in [4.78, 5) is 12.9. The normalized spacial score (nSPS) is 14.8. The highest BCUT2D eigenvalue weighted by Crippen LogP contribution is 2.27. The molecule has 2 aromatic rings. The first-order chi connectivity index (χ1) is 12.5. The molecule has 0 radical (unpaired) electrons. The number of fused-ring (bicyclic) bond motifs is 1. The summed E-state index contributed by atoms with van der Waals surface area (Å²) in [5.41, 5.74) is 1.56. The number of carbonyl (C=O) groups excluding carboxylic acids is 1. The topological polar surface area (TPSA) is 75.7 Å². The van der Waals surface area contributed by atoms with Gasteiger partial charge in [0.25, 0.3) is 0 Å². The minimum absolute atomic E-state index is 0.0289. The van der Waals surface area contributed by atoms with E-state index in [4.69, 9.17) is 4.74 Å². The van der Waals surface area contributed by atoms with Crippen molar-refractivity contribution in [2.24, 2.45) is 0 Å². The monoisotopic (exact) mass is 394 g/mol. The van der Waals surface area contributed by atoms with Crippen molar-refractivity contribution in [1.29, 1.82) is 0 Å². The molecule has 0 saturated heterocycles. The van der Waals surface area contributed by atoms with Crippen LogP contribution in [0.15, 0.2) is 40.6 Å². The van der Waals surface area contributed by atoms with E-state index in [2.05, 4.69) is 5.32 Å². The zero-order valence-electron chi connectivity index (χ0n) is 14.6. The number of hydrogen-bond acceptors (Lipinski definition) is 5. The number of amides is 1. The lowest BCUT2D eigenvalue weighted by molar-refractivity contribution is -0.116. The van der Waals surface area contributed by atoms with E-state index >= 15 is 0 Å². The van der Waals surface area contributed by atoms with E-state index in [1.165, 1.54) is 15.6 Å². The van der Waals surface area contributed by atoms with Gasteiger partial charge >= 0.3 is 0 Å². The van der Waals surface area contributed by atoms with Crippen molar-refractivity contribution >= 4 is 33.0 Å². The predicted molar refractivity (Wildman–Crippen MR) is 102 cm³/mol. The average molecular weight is 395 g/mol. The second-order valence-corrected chi connectivity index (χ2v) is 9.10. The Morgan fingerprint density at radius 3 is 2.85 bits per heavy atom. The molecule has 0 bridgehead atoms. The minimum atomic E-state index is -3.66. The first kappa shape index (κ1) is 19.0. The van der Waals surface area contributed by atoms with Crippen molar-refractivity contribution in [3.63, 3.8) is 0 Å². The number of sulfonamides is 1. The van der Waals surface area contributed by atoms with Crippen molar-refractivity contribution < 1.29 is 17.9 Å². The van der Waals surface area contributed by atoms with E-state index in [0.29, 0.717) is 38.1 Å². The van der Waals surface area contributed by atoms with Crippen LogP contribution in [0.4, 0.5) is 5.69 Å². The van der Waals surface area contributed by atoms with Gasteiger partial charge in [0.2, 0.25) is 15.9 Å². The van der Waals surface area contributed by atoms with E-state index in [9.17, 15) is 13.2 Å². The second kappa shape index (κ2) is 8.30. The molecule has 1 N–H and O–H groups in total. The Morgan fingerprint density at radius 1 is 1.27 bits per heavy atom. The molecule has 0 fully saturated rings. The Bertz CT molecular complexity index is 863. The number of ether oxygens (including phenoxy) is 1. The van der Waals surface area contributed by atoms with Crippen LogP contribution in [0, 0.1) is 0 Å². The van der Waals surface area contributed by atoms with E-state index in [1.807, 2.05) is 17.5 Å². The van der Waals surface area contributed by atoms with Crippen molar-refractivity contribution in [2.75, 3.05) is 25.6 Å². The SMILES string of the molecule is COCCN(Cc1cccs1)S(=O)(=O)c1ccc2c(c1)CCCC(=O)N2. The molecule has 0 unspecified atom stereocenters. The van der Waals surface area contributed by atoms with Crippen molar-refractivity contribution in [2.45, 2.75) is 30.7 Å². The average Bonchev–Trinajstić information content (AvgIpc) is 3.05. The fraction of sp³-hybridized carbons (Fsp3) is 0.389. The number of thiophene rings is 1. The van der Waals surface area contributed by atoms with Crippen LogP contribution < -0.4 is 5.32 Å². The lowest BCUT2D eigenvalue weighted by atomic mass is 10.1. The maximum absolute atomic E-state index is 13.2. The molecule has 6 nitrogen and oxygen atoms in total. The number of nitrogens with one attached hydrogen (secondary N) is 1. The molecule has 1 amide bonds. The number of rotatable bonds is 7. The lowest BCUT2D eigenvalue weighted by Crippen LogP contribution is -2.33. The van der Waals surface area contributed by atoms with Gasteiger partial charge in [0.1, 0.15) is 0 Å². The highest BCUT2D eigenvalue weighted by atomic mass is 32.2. The van der Waals surface area contributed by atoms with Gasteiger partial charge in [-0.1, -0.05) is 6.07 Å². The van der Waals surface area contributed by atoms with Crippen LogP contribution in [0.25, 0.3) is 0 Å². The summed E-state index contributed by atoms with van der Waals surface area (Å²) < 4.78 is 32.9. The van der Waals surface area contributed by atoms with Gasteiger partial charge in [-0.05, 0) is 48.1 Å². The molecule has 0 atom stereocenters. The third-order valence-corrected chi connectivity index (χ3v) is 7.00. The highest BCUT2D eigenvalue weighted by molar-refractivity contribution is 7.89. The number of anilines is 1. The van der Waals surface area contributed by atoms with Crippen molar-refractivity contribution in [1.82, 2.24) is 4.31 Å². The van der Waals surface area contributed by atoms with E-state index < -0.39 is 10.0 Å². The molecule has 26 heavy (non-hydrogen) atoms. The first-order valence-corrected chi connectivity index (χ1v) is 10.8. The molecule has 1 aromatic heterocycles. The number of methoxy groups -OCH3 is 1. The van der Waals surface area contributed by atoms with Gasteiger partial charge in [0.15, 0.2) is 0 Å². The van der Waals surface area contributed by atoms with E-state index in [1.54, 1.807) is 25.3 Å². The number of carbonyl (C=O) groups is 1. The third kappa shape index (κ3) is 4.32. The summed E-state index contributed by atoms with van der Waals surface area (Å²) in [6.07, 6.45) is 1.85. The van der Waals surface area contributed by atoms with Crippen LogP contribution in [0.3, 0.4) is 0 Å². The molecular weight excluding hydrogens is 372 g/mol. The zero-order chi connectivity index (χ0) is 18.6. The largest absolute Gasteiger partial charge is 0.383 e. The molecule has 3 rings (SSSR count). The van der Waals surface area contributed by atoms with Gasteiger partial charge < -0.3 is 10.1 Å². The minimum Gasteiger partial charge on any atom is -0.383 e. The van der Waals surface area contributed by atoms with Crippen molar-refractivity contribution in [3.05, 3.63) is 46.2 Å². The fourth-order valence-corrected chi connectivity index (χ4v) is 5.17. The smallest absolute Gasteiger partial charge is 0.243 e. The van der Waals surface area contributed by atoms with Crippen LogP contribution in [0.2, 0.25) is 0 Å². The maximum atomic E-state index is 13.2. The molecule has 0 saturated carbocycles. The van der Waals surface area contributed by atoms with Crippen LogP contribution in [-0.2, 0) is 32.5 Å². The van der Waals surface area contributed by atoms with E-state index in [-0.39, 0.29) is 17.3 Å². The molecule has 1 aromatic carbocycles. The Morgan fingerprint density at radius 2 is 2.12 bits per heavy atom. The Hall–Kier alpha value is -1.74. The number of aryl methyl sites for hydroxylation is 1. The first-order valence-electron chi connectivity index (χ1n) is 8.45. The fourth-order valence-electron chi connectivity index (χ4n) is 2.91. The lowest BCUT2D eigenvalue weighted by Gasteiger charge is -2.22. The highest BCUT2D eigenvalue weighted by Gasteiger charge is 2.26. The number of benzene rings is 1. The maximum Gasteiger partial charge on any atom is 0.243 e. The van der Waals surface area contributed by atoms with Gasteiger partial charge in [-0.25, -0.2) is 8.42 Å². The van der Waals surface area contributed by atoms with Crippen LogP contribution in [0.5, 0.6) is 0 Å². The zero-order valence-corrected chi connectivity index (χ0v) is 16.2. The summed E-state index contributed by atoms with van der Waals surface area (Å²) in [6.45, 7) is 0.924.